The number of hydrogen-bond acceptors (Lipinski definition) is 4. The van der Waals surface area contributed by atoms with E-state index in [0.29, 0.717) is 9.79 Å². The van der Waals surface area contributed by atoms with E-state index in [9.17, 15) is 8.42 Å². The van der Waals surface area contributed by atoms with Gasteiger partial charge < -0.3 is 4.90 Å². The average Bonchev–Trinajstić information content (AvgIpc) is 3.83. The lowest BCUT2D eigenvalue weighted by atomic mass is 9.76. The number of aromatic nitrogens is 1. The van der Waals surface area contributed by atoms with Gasteiger partial charge in [-0.1, -0.05) is 73.5 Å². The lowest BCUT2D eigenvalue weighted by Crippen LogP contribution is -2.30. The zero-order chi connectivity index (χ0) is 34.8. The van der Waals surface area contributed by atoms with Crippen molar-refractivity contribution in [2.45, 2.75) is 42.9 Å². The Balaban J connectivity index is 1.16. The monoisotopic (exact) mass is 698 g/mol. The second-order valence-corrected chi connectivity index (χ2v) is 17.2. The Hall–Kier alpha value is -5.43. The minimum atomic E-state index is -3.77. The molecule has 4 heterocycles. The Morgan fingerprint density at radius 1 is 0.588 bits per heavy atom. The van der Waals surface area contributed by atoms with Crippen LogP contribution in [0, 0.1) is 13.8 Å². The first kappa shape index (κ1) is 30.4. The molecule has 10 rings (SSSR count). The molecular weight excluding hydrogens is 665 g/mol. The number of sulfone groups is 1. The maximum absolute atomic E-state index is 14.4. The molecule has 0 bridgehead atoms. The Morgan fingerprint density at radius 3 is 1.86 bits per heavy atom. The molecule has 0 radical (unpaired) electrons. The van der Waals surface area contributed by atoms with Crippen LogP contribution < -0.4 is 4.90 Å². The topological polar surface area (TPSA) is 41.8 Å². The van der Waals surface area contributed by atoms with Gasteiger partial charge in [0.05, 0.1) is 20.8 Å². The van der Waals surface area contributed by atoms with Crippen LogP contribution in [0.2, 0.25) is 0 Å². The van der Waals surface area contributed by atoms with E-state index in [1.54, 1.807) is 17.4 Å². The first-order valence-electron chi connectivity index (χ1n) is 17.2. The van der Waals surface area contributed by atoms with Crippen LogP contribution in [-0.2, 0) is 15.3 Å². The van der Waals surface area contributed by atoms with Gasteiger partial charge in [-0.3, -0.25) is 4.40 Å². The molecule has 1 aliphatic rings. The fraction of sp³-hybridized carbons (Fsp3) is 0.111. The van der Waals surface area contributed by atoms with Crippen molar-refractivity contribution in [1.82, 2.24) is 4.40 Å². The zero-order valence-electron chi connectivity index (χ0n) is 28.7. The Bertz CT molecular complexity index is 2920. The zero-order valence-corrected chi connectivity index (χ0v) is 30.4. The fourth-order valence-electron chi connectivity index (χ4n) is 8.27. The molecule has 0 N–H and O–H groups in total. The smallest absolute Gasteiger partial charge is 0.207 e. The lowest BCUT2D eigenvalue weighted by Gasteiger charge is -2.36. The molecule has 0 saturated heterocycles. The molecule has 0 atom stereocenters. The highest BCUT2D eigenvalue weighted by molar-refractivity contribution is 7.91. The highest BCUT2D eigenvalue weighted by Crippen LogP contribution is 2.50. The second kappa shape index (κ2) is 10.5. The van der Waals surface area contributed by atoms with Crippen LogP contribution in [0.4, 0.5) is 17.1 Å². The molecule has 0 spiro atoms. The van der Waals surface area contributed by atoms with Gasteiger partial charge in [-0.05, 0) is 120 Å². The number of hydrogen-bond donors (Lipinski definition) is 0. The van der Waals surface area contributed by atoms with Crippen LogP contribution in [0.5, 0.6) is 0 Å². The third-order valence-corrected chi connectivity index (χ3v) is 13.7. The maximum atomic E-state index is 14.4. The van der Waals surface area contributed by atoms with E-state index in [-0.39, 0.29) is 0 Å². The summed E-state index contributed by atoms with van der Waals surface area (Å²) in [6.45, 7) is 8.48. The van der Waals surface area contributed by atoms with Crippen molar-refractivity contribution < 1.29 is 8.42 Å². The molecule has 0 amide bonds. The Kier molecular flexibility index (Phi) is 6.29. The van der Waals surface area contributed by atoms with Gasteiger partial charge in [0, 0.05) is 44.0 Å². The summed E-state index contributed by atoms with van der Waals surface area (Å²) in [5, 5.41) is 7.08. The molecule has 0 fully saturated rings. The highest BCUT2D eigenvalue weighted by Gasteiger charge is 2.41. The molecule has 3 aromatic heterocycles. The number of aryl methyl sites for hydroxylation is 2. The van der Waals surface area contributed by atoms with E-state index in [4.69, 9.17) is 0 Å². The fourth-order valence-corrected chi connectivity index (χ4v) is 11.1. The van der Waals surface area contributed by atoms with Crippen LogP contribution in [0.25, 0.3) is 48.5 Å². The van der Waals surface area contributed by atoms with Crippen LogP contribution in [0.1, 0.15) is 36.1 Å². The molecule has 0 aliphatic carbocycles. The molecule has 0 unspecified atom stereocenters. The second-order valence-electron chi connectivity index (χ2n) is 14.4. The van der Waals surface area contributed by atoms with Crippen LogP contribution in [0.3, 0.4) is 0 Å². The van der Waals surface area contributed by atoms with Crippen molar-refractivity contribution in [3.63, 3.8) is 0 Å². The number of fused-ring (bicyclic) bond motifs is 8. The first-order valence-corrected chi connectivity index (χ1v) is 19.6. The molecular formula is C45H34N2O2S2. The number of nitrogens with zero attached hydrogens (tertiary/aromatic N) is 2. The summed E-state index contributed by atoms with van der Waals surface area (Å²) in [6, 6.07) is 44.1. The first-order chi connectivity index (χ1) is 24.6. The van der Waals surface area contributed by atoms with Gasteiger partial charge >= 0.3 is 0 Å². The Morgan fingerprint density at radius 2 is 1.18 bits per heavy atom. The molecule has 6 heteroatoms. The largest absolute Gasteiger partial charge is 0.310 e. The summed E-state index contributed by atoms with van der Waals surface area (Å²) in [6.07, 6.45) is 0. The van der Waals surface area contributed by atoms with Crippen molar-refractivity contribution in [1.29, 1.82) is 0 Å². The third-order valence-electron chi connectivity index (χ3n) is 11.0. The van der Waals surface area contributed by atoms with E-state index in [0.717, 1.165) is 39.3 Å². The van der Waals surface area contributed by atoms with Crippen LogP contribution in [-0.4, -0.2) is 12.8 Å². The van der Waals surface area contributed by atoms with Crippen molar-refractivity contribution in [2.24, 2.45) is 0 Å². The van der Waals surface area contributed by atoms with Gasteiger partial charge in [-0.15, -0.1) is 11.3 Å². The maximum Gasteiger partial charge on any atom is 0.207 e. The number of para-hydroxylation sites is 1. The van der Waals surface area contributed by atoms with Gasteiger partial charge in [0.2, 0.25) is 9.84 Å². The normalized spacial score (nSPS) is 14.7. The standard InChI is InChI=1S/C45H34N2O2S2/c1-27-9-14-31(15-10-27)46(32-16-11-28(2)12-17-32)33-18-20-42-39(26-33)45(3,4)38-25-29(13-19-41(38)51(42,48)49)30-23-36-34-7-5-6-8-40(34)47-43(36)37(24-30)35-21-22-50-44(35)47/h5-26H,1-4H3. The summed E-state index contributed by atoms with van der Waals surface area (Å²) in [7, 11) is -3.77. The van der Waals surface area contributed by atoms with E-state index in [2.05, 4.69) is 146 Å². The van der Waals surface area contributed by atoms with Gasteiger partial charge in [-0.2, -0.15) is 0 Å². The van der Waals surface area contributed by atoms with Crippen molar-refractivity contribution in [3.8, 4) is 11.1 Å². The molecule has 6 aromatic carbocycles. The molecule has 9 aromatic rings. The SMILES string of the molecule is Cc1ccc(N(c2ccc(C)cc2)c2ccc3c(c2)C(C)(C)c2cc(-c4cc5c6ccccc6n6c7sccc7c(c4)c56)ccc2S3(=O)=O)cc1. The summed E-state index contributed by atoms with van der Waals surface area (Å²) in [5.74, 6) is 0. The summed E-state index contributed by atoms with van der Waals surface area (Å²) >= 11 is 1.77. The minimum absolute atomic E-state index is 0.372. The lowest BCUT2D eigenvalue weighted by molar-refractivity contribution is 0.556. The number of benzene rings is 6. The molecule has 1 aliphatic heterocycles. The van der Waals surface area contributed by atoms with E-state index in [1.807, 2.05) is 18.2 Å². The summed E-state index contributed by atoms with van der Waals surface area (Å²) in [4.78, 5) is 4.22. The van der Waals surface area contributed by atoms with E-state index >= 15 is 0 Å². The molecule has 248 valence electrons. The highest BCUT2D eigenvalue weighted by atomic mass is 32.2. The van der Waals surface area contributed by atoms with Gasteiger partial charge in [0.1, 0.15) is 4.83 Å². The van der Waals surface area contributed by atoms with E-state index in [1.165, 1.54) is 48.5 Å². The minimum Gasteiger partial charge on any atom is -0.310 e. The summed E-state index contributed by atoms with van der Waals surface area (Å²) < 4.78 is 31.2. The van der Waals surface area contributed by atoms with Crippen molar-refractivity contribution >= 4 is 75.6 Å². The van der Waals surface area contributed by atoms with Crippen molar-refractivity contribution in [3.05, 3.63) is 155 Å². The predicted octanol–water partition coefficient (Wildman–Crippen LogP) is 12.1. The predicted molar refractivity (Wildman–Crippen MR) is 213 cm³/mol. The quantitative estimate of drug-likeness (QED) is 0.184. The Labute approximate surface area is 301 Å². The third kappa shape index (κ3) is 4.27. The number of thiophene rings is 1. The average molecular weight is 699 g/mol. The van der Waals surface area contributed by atoms with Crippen LogP contribution in [0.15, 0.2) is 143 Å². The van der Waals surface area contributed by atoms with Gasteiger partial charge in [0.15, 0.2) is 0 Å². The summed E-state index contributed by atoms with van der Waals surface area (Å²) in [5.41, 5.74) is 10.9. The molecule has 0 saturated carbocycles. The molecule has 4 nitrogen and oxygen atoms in total. The van der Waals surface area contributed by atoms with Crippen molar-refractivity contribution in [2.75, 3.05) is 4.90 Å². The van der Waals surface area contributed by atoms with E-state index < -0.39 is 15.3 Å². The van der Waals surface area contributed by atoms with Crippen LogP contribution >= 0.6 is 11.3 Å². The van der Waals surface area contributed by atoms with Gasteiger partial charge in [-0.25, -0.2) is 8.42 Å². The van der Waals surface area contributed by atoms with Gasteiger partial charge in [0.25, 0.3) is 0 Å². The number of anilines is 3. The molecule has 51 heavy (non-hydrogen) atoms. The number of rotatable bonds is 4.